The van der Waals surface area contributed by atoms with Crippen molar-refractivity contribution in [2.24, 2.45) is 0 Å². The number of aromatic nitrogens is 4. The molecule has 7 N–H and O–H groups in total. The molecule has 25 heteroatoms. The van der Waals surface area contributed by atoms with Crippen molar-refractivity contribution in [2.75, 3.05) is 73.2 Å². The second kappa shape index (κ2) is 33.3. The Labute approximate surface area is 462 Å². The van der Waals surface area contributed by atoms with Gasteiger partial charge in [-0.2, -0.15) is 9.97 Å². The molecule has 0 spiro atoms. The summed E-state index contributed by atoms with van der Waals surface area (Å²) >= 11 is 11.3. The summed E-state index contributed by atoms with van der Waals surface area (Å²) < 4.78 is 33.2. The zero-order valence-corrected chi connectivity index (χ0v) is 50.5. The number of aryl methyl sites for hydroxylation is 2. The number of nitrogen functional groups attached to an aromatic ring is 1. The van der Waals surface area contributed by atoms with Crippen LogP contribution in [0.3, 0.4) is 0 Å². The van der Waals surface area contributed by atoms with Gasteiger partial charge in [0, 0.05) is 43.8 Å². The molecule has 2 heterocycles. The van der Waals surface area contributed by atoms with E-state index in [9.17, 15) is 19.8 Å². The summed E-state index contributed by atoms with van der Waals surface area (Å²) in [5, 5.41) is 27.9. The Morgan fingerprint density at radius 1 is 0.685 bits per heavy atom. The van der Waals surface area contributed by atoms with Crippen LogP contribution < -0.4 is 50.1 Å². The summed E-state index contributed by atoms with van der Waals surface area (Å²) in [7, 11) is 19.2. The van der Waals surface area contributed by atoms with E-state index >= 15 is 0 Å². The van der Waals surface area contributed by atoms with Crippen molar-refractivity contribution in [3.05, 3.63) is 110 Å². The number of carbonyl (C=O) groups excluding carboxylic acids is 2. The molecule has 0 aliphatic heterocycles. The summed E-state index contributed by atoms with van der Waals surface area (Å²) in [5.41, 5.74) is 8.86. The first-order valence-electron chi connectivity index (χ1n) is 21.8. The van der Waals surface area contributed by atoms with E-state index in [1.165, 1.54) is 64.3 Å². The maximum absolute atomic E-state index is 12.2. The van der Waals surface area contributed by atoms with Crippen LogP contribution >= 0.6 is 62.8 Å². The van der Waals surface area contributed by atoms with Gasteiger partial charge in [0.2, 0.25) is 23.0 Å². The average Bonchev–Trinajstić information content (AvgIpc) is 3.36. The number of ether oxygens (including phenoxy) is 6. The van der Waals surface area contributed by atoms with Gasteiger partial charge in [-0.25, -0.2) is 9.97 Å². The van der Waals surface area contributed by atoms with E-state index in [1.807, 2.05) is 26.0 Å². The van der Waals surface area contributed by atoms with Crippen molar-refractivity contribution in [1.82, 2.24) is 35.5 Å². The molecule has 0 unspecified atom stereocenters. The van der Waals surface area contributed by atoms with Crippen molar-refractivity contribution < 1.29 is 63.4 Å². The Morgan fingerprint density at radius 2 is 1.12 bits per heavy atom. The molecule has 73 heavy (non-hydrogen) atoms. The van der Waals surface area contributed by atoms with Crippen molar-refractivity contribution in [3.8, 4) is 57.8 Å². The van der Waals surface area contributed by atoms with Crippen molar-refractivity contribution in [1.29, 1.82) is 0 Å². The zero-order valence-electron chi connectivity index (χ0n) is 42.1. The molecule has 0 bridgehead atoms. The first kappa shape index (κ1) is 63.5. The van der Waals surface area contributed by atoms with E-state index in [4.69, 9.17) is 65.1 Å². The second-order valence-electron chi connectivity index (χ2n) is 14.2. The average molecular weight is 1250 g/mol. The Balaban J connectivity index is 0.000000370. The SMILES string of the molecule is CCN(CC)CC.CNC(=O)c1c(O)cccc1Oc1nc(Cl)ncc1Br.CNC(=O)c1c(O)cccc1Oc1nc(Nc2cc(C)c(OC)c(OC)c2)ncc1Br.COc1cc(N)cc(C)c1OC.[Cl][Zn][Cl]. The molecular formula is C48H58Br2Cl3N9O10Zn. The Kier molecular flexibility index (Phi) is 28.9. The van der Waals surface area contributed by atoms with Crippen LogP contribution in [0.15, 0.2) is 82.0 Å². The molecule has 392 valence electrons. The zero-order chi connectivity index (χ0) is 54.8. The van der Waals surface area contributed by atoms with E-state index in [0.717, 1.165) is 16.9 Å². The van der Waals surface area contributed by atoms with Crippen LogP contribution in [-0.2, 0) is 15.1 Å². The quantitative estimate of drug-likeness (QED) is 0.0318. The van der Waals surface area contributed by atoms with Crippen LogP contribution in [0.2, 0.25) is 5.28 Å². The molecule has 2 aromatic heterocycles. The van der Waals surface area contributed by atoms with Gasteiger partial charge in [-0.05, 0) is 124 Å². The van der Waals surface area contributed by atoms with E-state index in [-0.39, 0.29) is 57.1 Å². The third kappa shape index (κ3) is 19.6. The van der Waals surface area contributed by atoms with E-state index in [2.05, 4.69) is 93.4 Å². The number of carbonyl (C=O) groups is 2. The monoisotopic (exact) mass is 1250 g/mol. The molecule has 0 aliphatic rings. The number of nitrogens with two attached hydrogens (primary N) is 1. The standard InChI is InChI=1S/C21H21BrN4O5.C12H9BrClN3O3.C9H13NO2.C6H15N.2ClH.Zn/c1-11-8-12(9-16(29-3)18(11)30-4)25-21-24-10-13(22)20(26-21)31-15-7-5-6-14(27)17(15)19(28)23-2;1-15-10(19)9-7(18)3-2-4-8(9)20-11-6(13)5-16-12(14)17-11;1-6-4-7(10)5-8(11-2)9(6)12-3;1-4-7(5-2)6-3;;;/h5-10,27H,1-4H3,(H,23,28)(H,24,25,26);2-5,18H,1H3,(H,15,19);4-5H,10H2,1-3H3;4-6H2,1-3H3;2*1H;/q;;;;;;+2/p-2. The minimum atomic E-state index is -0.931. The number of hydrogen-bond acceptors (Lipinski definition) is 17. The number of benzene rings is 4. The number of phenols is 2. The summed E-state index contributed by atoms with van der Waals surface area (Å²) in [4.78, 5) is 42.6. The number of amides is 2. The molecular weight excluding hydrogens is 1190 g/mol. The van der Waals surface area contributed by atoms with Gasteiger partial charge in [-0.1, -0.05) is 32.9 Å². The summed E-state index contributed by atoms with van der Waals surface area (Å²) in [6, 6.07) is 16.2. The molecule has 6 rings (SSSR count). The van der Waals surface area contributed by atoms with Crippen LogP contribution in [-0.4, -0.2) is 109 Å². The van der Waals surface area contributed by atoms with Crippen molar-refractivity contribution in [2.45, 2.75) is 34.6 Å². The predicted molar refractivity (Wildman–Crippen MR) is 289 cm³/mol. The van der Waals surface area contributed by atoms with E-state index < -0.39 is 27.0 Å². The molecule has 0 saturated carbocycles. The van der Waals surface area contributed by atoms with Gasteiger partial charge in [-0.3, -0.25) is 9.59 Å². The van der Waals surface area contributed by atoms with Gasteiger partial charge in [-0.15, -0.1) is 0 Å². The first-order valence-corrected chi connectivity index (χ1v) is 31.6. The normalized spacial score (nSPS) is 9.88. The molecule has 0 saturated heterocycles. The van der Waals surface area contributed by atoms with E-state index in [1.54, 1.807) is 58.8 Å². The fourth-order valence-electron chi connectivity index (χ4n) is 6.22. The van der Waals surface area contributed by atoms with Gasteiger partial charge in [0.25, 0.3) is 11.8 Å². The summed E-state index contributed by atoms with van der Waals surface area (Å²) in [6.07, 6.45) is 2.94. The van der Waals surface area contributed by atoms with Crippen LogP contribution in [0, 0.1) is 13.8 Å². The number of methoxy groups -OCH3 is 4. The van der Waals surface area contributed by atoms with Crippen LogP contribution in [0.5, 0.6) is 57.8 Å². The van der Waals surface area contributed by atoms with E-state index in [0.29, 0.717) is 37.6 Å². The van der Waals surface area contributed by atoms with Crippen molar-refractivity contribution >= 4 is 92.0 Å². The fourth-order valence-corrected chi connectivity index (χ4v) is 6.89. The minimum absolute atomic E-state index is 0.000497. The van der Waals surface area contributed by atoms with Crippen molar-refractivity contribution in [3.63, 3.8) is 0 Å². The first-order chi connectivity index (χ1) is 34.8. The Hall–Kier alpha value is -5.61. The number of aromatic hydroxyl groups is 2. The third-order valence-electron chi connectivity index (χ3n) is 9.67. The molecule has 19 nitrogen and oxygen atoms in total. The summed E-state index contributed by atoms with van der Waals surface area (Å²) in [6.45, 7) is 13.9. The molecule has 0 radical (unpaired) electrons. The Morgan fingerprint density at radius 3 is 1.55 bits per heavy atom. The molecule has 0 atom stereocenters. The van der Waals surface area contributed by atoms with Crippen LogP contribution in [0.25, 0.3) is 0 Å². The number of phenolic OH excluding ortho intramolecular Hbond substituents is 2. The van der Waals surface area contributed by atoms with Crippen LogP contribution in [0.4, 0.5) is 17.3 Å². The number of anilines is 3. The summed E-state index contributed by atoms with van der Waals surface area (Å²) in [5.74, 6) is 2.10. The third-order valence-corrected chi connectivity index (χ3v) is 10.9. The second-order valence-corrected chi connectivity index (χ2v) is 20.9. The molecule has 2 amide bonds. The Bertz CT molecular complexity index is 2730. The fraction of sp³-hybridized carbons (Fsp3) is 0.292. The molecule has 0 fully saturated rings. The van der Waals surface area contributed by atoms with Gasteiger partial charge >= 0.3 is 34.5 Å². The topological polar surface area (TPSA) is 247 Å². The van der Waals surface area contributed by atoms with Gasteiger partial charge in [0.05, 0.1) is 43.6 Å². The number of halogens is 5. The van der Waals surface area contributed by atoms with Gasteiger partial charge in [0.1, 0.15) is 34.1 Å². The number of hydrogen-bond donors (Lipinski definition) is 6. The number of nitrogens with one attached hydrogen (secondary N) is 3. The number of rotatable bonds is 15. The molecule has 4 aromatic carbocycles. The predicted octanol–water partition coefficient (Wildman–Crippen LogP) is 11.2. The van der Waals surface area contributed by atoms with Gasteiger partial charge < -0.3 is 65.2 Å². The number of nitrogens with zero attached hydrogens (tertiary/aromatic N) is 5. The molecule has 0 aliphatic carbocycles. The molecule has 6 aromatic rings. The maximum atomic E-state index is 12.2. The van der Waals surface area contributed by atoms with Gasteiger partial charge in [0.15, 0.2) is 23.0 Å². The van der Waals surface area contributed by atoms with Crippen LogP contribution in [0.1, 0.15) is 52.6 Å².